The molecule has 0 radical (unpaired) electrons. The van der Waals surface area contributed by atoms with Crippen LogP contribution in [-0.2, 0) is 25.5 Å². The number of carbonyl (C=O) groups excluding carboxylic acids is 3. The first-order valence-electron chi connectivity index (χ1n) is 15.7. The lowest BCUT2D eigenvalue weighted by atomic mass is 9.89. The molecule has 0 saturated heterocycles. The molecular weight excluding hydrogens is 516 g/mol. The number of nitrogens with one attached hydrogen (secondary N) is 2. The van der Waals surface area contributed by atoms with Gasteiger partial charge in [-0.2, -0.15) is 0 Å². The Kier molecular flexibility index (Phi) is 14.5. The van der Waals surface area contributed by atoms with E-state index in [1.54, 1.807) is 7.11 Å². The van der Waals surface area contributed by atoms with E-state index in [0.717, 1.165) is 100 Å². The van der Waals surface area contributed by atoms with E-state index < -0.39 is 0 Å². The number of methoxy groups -OCH3 is 1. The van der Waals surface area contributed by atoms with Crippen LogP contribution in [0, 0.1) is 5.92 Å². The maximum atomic E-state index is 12.6. The van der Waals surface area contributed by atoms with Crippen molar-refractivity contribution >= 4 is 23.5 Å². The van der Waals surface area contributed by atoms with Crippen LogP contribution < -0.4 is 15.4 Å². The van der Waals surface area contributed by atoms with Crippen molar-refractivity contribution in [2.75, 3.05) is 19.0 Å². The molecule has 1 aromatic rings. The van der Waals surface area contributed by atoms with Crippen LogP contribution in [0.2, 0.25) is 0 Å². The number of rotatable bonds is 5. The number of aryl methyl sites for hydroxylation is 1. The Morgan fingerprint density at radius 1 is 0.902 bits per heavy atom. The largest absolute Gasteiger partial charge is 0.497 e. The maximum Gasteiger partial charge on any atom is 0.325 e. The van der Waals surface area contributed by atoms with Gasteiger partial charge in [0, 0.05) is 30.5 Å². The molecule has 1 aliphatic heterocycles. The van der Waals surface area contributed by atoms with Crippen molar-refractivity contribution in [1.82, 2.24) is 5.32 Å². The number of esters is 1. The number of anilines is 1. The highest BCUT2D eigenvalue weighted by atomic mass is 16.5. The van der Waals surface area contributed by atoms with Crippen LogP contribution in [0.15, 0.2) is 42.0 Å². The number of amides is 2. The molecule has 2 amide bonds. The number of allylic oxidation sites excluding steroid dienone is 3. The average molecular weight is 567 g/mol. The highest BCUT2D eigenvalue weighted by Crippen LogP contribution is 2.24. The molecule has 226 valence electrons. The number of hydrogen-bond donors (Lipinski definition) is 2. The fourth-order valence-corrected chi connectivity index (χ4v) is 5.58. The standard InChI is InChI=1S/C34H50N2O5/c1-26-14-13-15-27-22-29(24-31(23-27)40-2)36-32(37)19-12-7-5-3-4-6-11-18-30(21-20-26)41-33(38)25-35-34(39)28-16-9-8-10-17-28/h6,11,14,22-24,28,30H,3-5,7-10,12-13,15-21,25H2,1-2H3,(H,35,39)(H,36,37)/b11-6?,26-14+/t30-/m0/s1. The third kappa shape index (κ3) is 13.0. The van der Waals surface area contributed by atoms with Gasteiger partial charge in [-0.3, -0.25) is 14.4 Å². The molecule has 2 N–H and O–H groups in total. The highest BCUT2D eigenvalue weighted by molar-refractivity contribution is 5.91. The monoisotopic (exact) mass is 566 g/mol. The fraction of sp³-hybridized carbons (Fsp3) is 0.618. The van der Waals surface area contributed by atoms with Crippen molar-refractivity contribution in [2.45, 2.75) is 116 Å². The summed E-state index contributed by atoms with van der Waals surface area (Å²) in [4.78, 5) is 37.6. The van der Waals surface area contributed by atoms with Gasteiger partial charge in [-0.15, -0.1) is 0 Å². The Hall–Kier alpha value is -3.09. The van der Waals surface area contributed by atoms with Crippen LogP contribution in [0.5, 0.6) is 5.75 Å². The fourth-order valence-electron chi connectivity index (χ4n) is 5.58. The van der Waals surface area contributed by atoms with Crippen molar-refractivity contribution in [1.29, 1.82) is 0 Å². The summed E-state index contributed by atoms with van der Waals surface area (Å²) < 4.78 is 11.3. The zero-order chi connectivity index (χ0) is 29.3. The minimum atomic E-state index is -0.364. The number of carbonyl (C=O) groups is 3. The van der Waals surface area contributed by atoms with Gasteiger partial charge in [-0.1, -0.05) is 55.9 Å². The summed E-state index contributed by atoms with van der Waals surface area (Å²) in [5.74, 6) is 0.429. The predicted octanol–water partition coefficient (Wildman–Crippen LogP) is 7.20. The van der Waals surface area contributed by atoms with E-state index in [2.05, 4.69) is 35.8 Å². The van der Waals surface area contributed by atoms with E-state index in [1.165, 1.54) is 12.0 Å². The molecule has 3 rings (SSSR count). The molecule has 7 heteroatoms. The minimum absolute atomic E-state index is 0.0180. The van der Waals surface area contributed by atoms with E-state index >= 15 is 0 Å². The lowest BCUT2D eigenvalue weighted by Gasteiger charge is -2.21. The second-order valence-corrected chi connectivity index (χ2v) is 11.6. The van der Waals surface area contributed by atoms with Gasteiger partial charge in [0.25, 0.3) is 0 Å². The van der Waals surface area contributed by atoms with Gasteiger partial charge in [0.05, 0.1) is 7.11 Å². The Morgan fingerprint density at radius 3 is 2.49 bits per heavy atom. The molecule has 41 heavy (non-hydrogen) atoms. The third-order valence-corrected chi connectivity index (χ3v) is 8.04. The van der Waals surface area contributed by atoms with E-state index in [1.807, 2.05) is 18.2 Å². The highest BCUT2D eigenvalue weighted by Gasteiger charge is 2.22. The Morgan fingerprint density at radius 2 is 1.68 bits per heavy atom. The topological polar surface area (TPSA) is 93.7 Å². The summed E-state index contributed by atoms with van der Waals surface area (Å²) in [5, 5.41) is 5.85. The zero-order valence-electron chi connectivity index (χ0n) is 25.2. The molecule has 0 spiro atoms. The Balaban J connectivity index is 1.58. The summed E-state index contributed by atoms with van der Waals surface area (Å²) in [6.07, 6.45) is 20.9. The Bertz CT molecular complexity index is 1040. The van der Waals surface area contributed by atoms with Gasteiger partial charge in [-0.05, 0) is 82.4 Å². The molecule has 1 heterocycles. The van der Waals surface area contributed by atoms with Crippen molar-refractivity contribution in [3.05, 3.63) is 47.6 Å². The average Bonchev–Trinajstić information content (AvgIpc) is 2.97. The van der Waals surface area contributed by atoms with Crippen LogP contribution in [0.4, 0.5) is 5.69 Å². The van der Waals surface area contributed by atoms with Crippen LogP contribution >= 0.6 is 0 Å². The first kappa shape index (κ1) is 32.4. The second kappa shape index (κ2) is 18.4. The van der Waals surface area contributed by atoms with Gasteiger partial charge in [-0.25, -0.2) is 0 Å². The molecule has 7 nitrogen and oxygen atoms in total. The molecule has 2 bridgehead atoms. The van der Waals surface area contributed by atoms with E-state index in [0.29, 0.717) is 12.8 Å². The van der Waals surface area contributed by atoms with E-state index in [9.17, 15) is 14.4 Å². The summed E-state index contributed by atoms with van der Waals surface area (Å²) in [6.45, 7) is 2.05. The lowest BCUT2D eigenvalue weighted by Crippen LogP contribution is -2.37. The molecule has 1 saturated carbocycles. The molecule has 0 unspecified atom stereocenters. The molecule has 0 aromatic heterocycles. The van der Waals surface area contributed by atoms with Gasteiger partial charge in [0.1, 0.15) is 18.4 Å². The number of fused-ring (bicyclic) bond motifs is 2. The Labute approximate surface area is 246 Å². The molecule has 1 fully saturated rings. The number of hydrogen-bond acceptors (Lipinski definition) is 5. The first-order chi connectivity index (χ1) is 19.9. The summed E-state index contributed by atoms with van der Waals surface area (Å²) in [5.41, 5.74) is 3.14. The van der Waals surface area contributed by atoms with Crippen molar-refractivity contribution in [2.24, 2.45) is 5.92 Å². The summed E-state index contributed by atoms with van der Waals surface area (Å²) in [6, 6.07) is 5.91. The predicted molar refractivity (Wildman–Crippen MR) is 164 cm³/mol. The van der Waals surface area contributed by atoms with Crippen LogP contribution in [0.25, 0.3) is 0 Å². The van der Waals surface area contributed by atoms with Gasteiger partial charge < -0.3 is 20.1 Å². The second-order valence-electron chi connectivity index (χ2n) is 11.6. The third-order valence-electron chi connectivity index (χ3n) is 8.04. The molecule has 1 atom stereocenters. The van der Waals surface area contributed by atoms with E-state index in [-0.39, 0.29) is 36.4 Å². The first-order valence-corrected chi connectivity index (χ1v) is 15.7. The van der Waals surface area contributed by atoms with Gasteiger partial charge >= 0.3 is 5.97 Å². The molecule has 1 aliphatic carbocycles. The maximum absolute atomic E-state index is 12.6. The zero-order valence-corrected chi connectivity index (χ0v) is 25.2. The molecule has 2 aliphatic rings. The molecule has 1 aromatic carbocycles. The minimum Gasteiger partial charge on any atom is -0.497 e. The van der Waals surface area contributed by atoms with Crippen LogP contribution in [-0.4, -0.2) is 37.5 Å². The van der Waals surface area contributed by atoms with Gasteiger partial charge in [0.15, 0.2) is 0 Å². The van der Waals surface area contributed by atoms with E-state index in [4.69, 9.17) is 9.47 Å². The normalized spacial score (nSPS) is 21.9. The number of ether oxygens (including phenoxy) is 2. The SMILES string of the molecule is COc1cc2cc(c1)NC(=O)CCCCCCC=CC[C@H](OC(=O)CNC(=O)C1CCCCC1)CC/C(C)=C/CC2. The number of benzene rings is 1. The van der Waals surface area contributed by atoms with Crippen LogP contribution in [0.1, 0.15) is 109 Å². The van der Waals surface area contributed by atoms with Gasteiger partial charge in [0.2, 0.25) is 11.8 Å². The van der Waals surface area contributed by atoms with Crippen LogP contribution in [0.3, 0.4) is 0 Å². The molecular formula is C34H50N2O5. The van der Waals surface area contributed by atoms with Crippen molar-refractivity contribution < 1.29 is 23.9 Å². The quantitative estimate of drug-likeness (QED) is 0.290. The lowest BCUT2D eigenvalue weighted by molar-refractivity contribution is -0.149. The summed E-state index contributed by atoms with van der Waals surface area (Å²) in [7, 11) is 1.64. The smallest absolute Gasteiger partial charge is 0.325 e. The van der Waals surface area contributed by atoms with Crippen molar-refractivity contribution in [3.63, 3.8) is 0 Å². The summed E-state index contributed by atoms with van der Waals surface area (Å²) >= 11 is 0. The van der Waals surface area contributed by atoms with Crippen molar-refractivity contribution in [3.8, 4) is 5.75 Å².